The first-order valence-corrected chi connectivity index (χ1v) is 6.65. The number of phenols is 1. The normalized spacial score (nSPS) is 10.6. The highest BCUT2D eigenvalue weighted by atomic mass is 79.9. The molecular weight excluding hydrogens is 340 g/mol. The van der Waals surface area contributed by atoms with Gasteiger partial charge in [0.15, 0.2) is 11.5 Å². The van der Waals surface area contributed by atoms with Crippen molar-refractivity contribution in [2.24, 2.45) is 5.10 Å². The summed E-state index contributed by atoms with van der Waals surface area (Å²) in [6.07, 6.45) is 4.47. The molecule has 2 aromatic rings. The first-order valence-electron chi connectivity index (χ1n) is 5.86. The second-order valence-electron chi connectivity index (χ2n) is 3.83. The fourth-order valence-corrected chi connectivity index (χ4v) is 2.02. The second kappa shape index (κ2) is 6.89. The predicted octanol–water partition coefficient (Wildman–Crippen LogP) is 2.41. The number of halogens is 1. The third kappa shape index (κ3) is 3.60. The van der Waals surface area contributed by atoms with Crippen LogP contribution in [0.1, 0.15) is 5.56 Å². The van der Waals surface area contributed by atoms with E-state index in [0.29, 0.717) is 23.0 Å². The summed E-state index contributed by atoms with van der Waals surface area (Å²) in [4.78, 5) is 8.03. The van der Waals surface area contributed by atoms with Crippen LogP contribution in [0.15, 0.2) is 34.1 Å². The van der Waals surface area contributed by atoms with Gasteiger partial charge in [0, 0.05) is 22.4 Å². The molecule has 0 aliphatic carbocycles. The van der Waals surface area contributed by atoms with Crippen molar-refractivity contribution in [3.8, 4) is 17.4 Å². The number of anilines is 1. The molecule has 0 spiro atoms. The largest absolute Gasteiger partial charge is 0.504 e. The SMILES string of the molecule is COc1cc(Br)cc(/C=N/Nc2nccnc2OC)c1O. The summed E-state index contributed by atoms with van der Waals surface area (Å²) in [5.74, 6) is 1.05. The van der Waals surface area contributed by atoms with Crippen molar-refractivity contribution in [3.05, 3.63) is 34.6 Å². The lowest BCUT2D eigenvalue weighted by atomic mass is 10.2. The van der Waals surface area contributed by atoms with E-state index >= 15 is 0 Å². The van der Waals surface area contributed by atoms with Crippen LogP contribution in [-0.2, 0) is 0 Å². The third-order valence-electron chi connectivity index (χ3n) is 2.52. The fraction of sp³-hybridized carbons (Fsp3) is 0.154. The minimum Gasteiger partial charge on any atom is -0.504 e. The number of aromatic nitrogens is 2. The van der Waals surface area contributed by atoms with Crippen LogP contribution in [-0.4, -0.2) is 35.5 Å². The standard InChI is InChI=1S/C13H13BrN4O3/c1-20-10-6-9(14)5-8(11(10)19)7-17-18-12-13(21-2)16-4-3-15-12/h3-7,19H,1-2H3,(H,15,18)/b17-7+. The molecule has 0 bridgehead atoms. The highest BCUT2D eigenvalue weighted by Gasteiger charge is 2.08. The van der Waals surface area contributed by atoms with Crippen molar-refractivity contribution >= 4 is 28.0 Å². The summed E-state index contributed by atoms with van der Waals surface area (Å²) in [6.45, 7) is 0. The molecule has 1 heterocycles. The molecule has 0 aliphatic rings. The number of hydrazone groups is 1. The Morgan fingerprint density at radius 1 is 1.24 bits per heavy atom. The van der Waals surface area contributed by atoms with Crippen molar-refractivity contribution in [1.82, 2.24) is 9.97 Å². The summed E-state index contributed by atoms with van der Waals surface area (Å²) >= 11 is 3.33. The van der Waals surface area contributed by atoms with Crippen LogP contribution in [0.25, 0.3) is 0 Å². The zero-order valence-corrected chi connectivity index (χ0v) is 13.0. The van der Waals surface area contributed by atoms with E-state index in [9.17, 15) is 5.11 Å². The minimum atomic E-state index is -0.00244. The molecule has 7 nitrogen and oxygen atoms in total. The van der Waals surface area contributed by atoms with Gasteiger partial charge >= 0.3 is 0 Å². The van der Waals surface area contributed by atoms with E-state index in [0.717, 1.165) is 4.47 Å². The molecule has 0 amide bonds. The fourth-order valence-electron chi connectivity index (χ4n) is 1.56. The number of phenolic OH excluding ortho intramolecular Hbond substituents is 1. The maximum Gasteiger partial charge on any atom is 0.258 e. The summed E-state index contributed by atoms with van der Waals surface area (Å²) < 4.78 is 10.9. The molecule has 0 atom stereocenters. The van der Waals surface area contributed by atoms with Crippen LogP contribution in [0.2, 0.25) is 0 Å². The molecule has 0 fully saturated rings. The average Bonchev–Trinajstić information content (AvgIpc) is 2.50. The lowest BCUT2D eigenvalue weighted by Gasteiger charge is -2.07. The highest BCUT2D eigenvalue weighted by Crippen LogP contribution is 2.32. The van der Waals surface area contributed by atoms with Crippen LogP contribution < -0.4 is 14.9 Å². The van der Waals surface area contributed by atoms with E-state index in [-0.39, 0.29) is 5.75 Å². The number of rotatable bonds is 5. The average molecular weight is 353 g/mol. The molecule has 0 saturated heterocycles. The Balaban J connectivity index is 2.20. The topological polar surface area (TPSA) is 88.9 Å². The molecule has 110 valence electrons. The van der Waals surface area contributed by atoms with Crippen LogP contribution in [0.5, 0.6) is 17.4 Å². The number of hydrogen-bond acceptors (Lipinski definition) is 7. The predicted molar refractivity (Wildman–Crippen MR) is 82.2 cm³/mol. The number of benzene rings is 1. The maximum absolute atomic E-state index is 9.99. The van der Waals surface area contributed by atoms with E-state index in [4.69, 9.17) is 9.47 Å². The molecule has 0 saturated carbocycles. The van der Waals surface area contributed by atoms with Crippen LogP contribution in [0, 0.1) is 0 Å². The first kappa shape index (κ1) is 15.0. The Bertz CT molecular complexity index is 664. The number of methoxy groups -OCH3 is 2. The van der Waals surface area contributed by atoms with Gasteiger partial charge in [-0.15, -0.1) is 0 Å². The summed E-state index contributed by atoms with van der Waals surface area (Å²) in [5.41, 5.74) is 3.18. The van der Waals surface area contributed by atoms with Gasteiger partial charge in [-0.2, -0.15) is 5.10 Å². The molecule has 8 heteroatoms. The van der Waals surface area contributed by atoms with E-state index in [1.54, 1.807) is 12.1 Å². The Labute approximate surface area is 129 Å². The molecule has 0 unspecified atom stereocenters. The van der Waals surface area contributed by atoms with Gasteiger partial charge in [-0.1, -0.05) is 15.9 Å². The van der Waals surface area contributed by atoms with Crippen molar-refractivity contribution in [1.29, 1.82) is 0 Å². The van der Waals surface area contributed by atoms with Gasteiger partial charge in [0.1, 0.15) is 0 Å². The Morgan fingerprint density at radius 2 is 2.00 bits per heavy atom. The van der Waals surface area contributed by atoms with Gasteiger partial charge in [-0.25, -0.2) is 9.97 Å². The molecule has 2 N–H and O–H groups in total. The van der Waals surface area contributed by atoms with Crippen LogP contribution in [0.3, 0.4) is 0 Å². The molecule has 1 aromatic carbocycles. The van der Waals surface area contributed by atoms with Gasteiger partial charge in [-0.3, -0.25) is 5.43 Å². The van der Waals surface area contributed by atoms with E-state index in [2.05, 4.69) is 36.4 Å². The number of aromatic hydroxyl groups is 1. The molecular formula is C13H13BrN4O3. The lowest BCUT2D eigenvalue weighted by Crippen LogP contribution is -1.99. The van der Waals surface area contributed by atoms with Crippen molar-refractivity contribution in [2.75, 3.05) is 19.6 Å². The maximum atomic E-state index is 9.99. The third-order valence-corrected chi connectivity index (χ3v) is 2.98. The molecule has 1 aromatic heterocycles. The van der Waals surface area contributed by atoms with Gasteiger partial charge in [0.05, 0.1) is 20.4 Å². The Hall–Kier alpha value is -2.35. The van der Waals surface area contributed by atoms with Crippen molar-refractivity contribution in [3.63, 3.8) is 0 Å². The zero-order chi connectivity index (χ0) is 15.2. The number of ether oxygens (including phenoxy) is 2. The Morgan fingerprint density at radius 3 is 2.71 bits per heavy atom. The molecule has 0 aliphatic heterocycles. The van der Waals surface area contributed by atoms with Crippen molar-refractivity contribution < 1.29 is 14.6 Å². The number of hydrogen-bond donors (Lipinski definition) is 2. The van der Waals surface area contributed by atoms with Gasteiger partial charge in [0.2, 0.25) is 5.82 Å². The smallest absolute Gasteiger partial charge is 0.258 e. The first-order chi connectivity index (χ1) is 10.2. The molecule has 2 rings (SSSR count). The molecule has 0 radical (unpaired) electrons. The summed E-state index contributed by atoms with van der Waals surface area (Å²) in [7, 11) is 2.97. The lowest BCUT2D eigenvalue weighted by molar-refractivity contribution is 0.373. The van der Waals surface area contributed by atoms with Crippen LogP contribution >= 0.6 is 15.9 Å². The van der Waals surface area contributed by atoms with Gasteiger partial charge in [-0.05, 0) is 12.1 Å². The van der Waals surface area contributed by atoms with Crippen molar-refractivity contribution in [2.45, 2.75) is 0 Å². The number of nitrogens with one attached hydrogen (secondary N) is 1. The highest BCUT2D eigenvalue weighted by molar-refractivity contribution is 9.10. The van der Waals surface area contributed by atoms with E-state index in [1.165, 1.54) is 32.8 Å². The zero-order valence-electron chi connectivity index (χ0n) is 11.4. The van der Waals surface area contributed by atoms with E-state index < -0.39 is 0 Å². The number of nitrogens with zero attached hydrogens (tertiary/aromatic N) is 3. The second-order valence-corrected chi connectivity index (χ2v) is 4.75. The summed E-state index contributed by atoms with van der Waals surface area (Å²) in [5, 5.41) is 14.0. The quantitative estimate of drug-likeness (QED) is 0.634. The summed E-state index contributed by atoms with van der Waals surface area (Å²) in [6, 6.07) is 3.36. The minimum absolute atomic E-state index is 0.00244. The van der Waals surface area contributed by atoms with Gasteiger partial charge < -0.3 is 14.6 Å². The van der Waals surface area contributed by atoms with E-state index in [1.807, 2.05) is 0 Å². The monoisotopic (exact) mass is 352 g/mol. The van der Waals surface area contributed by atoms with Gasteiger partial charge in [0.25, 0.3) is 5.88 Å². The van der Waals surface area contributed by atoms with Crippen LogP contribution in [0.4, 0.5) is 5.82 Å². The Kier molecular flexibility index (Phi) is 4.94. The molecule has 21 heavy (non-hydrogen) atoms.